The number of alkyl halides is 3. The zero-order valence-corrected chi connectivity index (χ0v) is 17.2. The number of nitrogens with zero attached hydrogens (tertiary/aromatic N) is 4. The summed E-state index contributed by atoms with van der Waals surface area (Å²) in [5, 5.41) is 5.95. The predicted molar refractivity (Wildman–Crippen MR) is 106 cm³/mol. The fourth-order valence-electron chi connectivity index (χ4n) is 3.27. The van der Waals surface area contributed by atoms with Crippen LogP contribution in [0.4, 0.5) is 13.2 Å². The van der Waals surface area contributed by atoms with E-state index in [4.69, 9.17) is 4.52 Å². The zero-order valence-electron chi connectivity index (χ0n) is 16.3. The molecule has 164 valence electrons. The Hall–Kier alpha value is -2.92. The molecule has 4 rings (SSSR count). The van der Waals surface area contributed by atoms with Gasteiger partial charge in [0.1, 0.15) is 5.75 Å². The zero-order chi connectivity index (χ0) is 21.8. The third-order valence-electron chi connectivity index (χ3n) is 4.81. The maximum absolute atomic E-state index is 12.5. The Morgan fingerprint density at radius 3 is 2.52 bits per heavy atom. The van der Waals surface area contributed by atoms with Crippen molar-refractivity contribution in [2.75, 3.05) is 26.2 Å². The minimum Gasteiger partial charge on any atom is -0.406 e. The average molecular weight is 452 g/mol. The molecule has 0 saturated carbocycles. The number of carbonyl (C=O) groups is 1. The maximum Gasteiger partial charge on any atom is 0.573 e. The lowest BCUT2D eigenvalue weighted by Gasteiger charge is -2.34. The van der Waals surface area contributed by atoms with Gasteiger partial charge in [0.25, 0.3) is 0 Å². The second-order valence-corrected chi connectivity index (χ2v) is 7.96. The number of halogens is 3. The van der Waals surface area contributed by atoms with E-state index >= 15 is 0 Å². The average Bonchev–Trinajstić information content (AvgIpc) is 3.41. The van der Waals surface area contributed by atoms with Crippen molar-refractivity contribution >= 4 is 17.2 Å². The molecule has 0 spiro atoms. The van der Waals surface area contributed by atoms with Crippen LogP contribution >= 0.6 is 11.3 Å². The van der Waals surface area contributed by atoms with Crippen LogP contribution in [0.5, 0.6) is 5.75 Å². The van der Waals surface area contributed by atoms with E-state index in [2.05, 4.69) is 19.8 Å². The monoisotopic (exact) mass is 452 g/mol. The van der Waals surface area contributed by atoms with Crippen molar-refractivity contribution < 1.29 is 27.2 Å². The molecule has 1 aromatic carbocycles. The van der Waals surface area contributed by atoms with E-state index in [1.165, 1.54) is 24.3 Å². The molecular formula is C20H19F3N4O3S. The first kappa shape index (κ1) is 21.3. The maximum atomic E-state index is 12.5. The smallest absolute Gasteiger partial charge is 0.406 e. The van der Waals surface area contributed by atoms with Gasteiger partial charge in [0.05, 0.1) is 17.8 Å². The highest BCUT2D eigenvalue weighted by Gasteiger charge is 2.31. The number of amides is 1. The third kappa shape index (κ3) is 5.82. The molecule has 3 aromatic rings. The molecule has 11 heteroatoms. The first-order valence-corrected chi connectivity index (χ1v) is 10.4. The first-order valence-electron chi connectivity index (χ1n) is 9.57. The Balaban J connectivity index is 1.24. The van der Waals surface area contributed by atoms with E-state index in [0.29, 0.717) is 50.0 Å². The van der Waals surface area contributed by atoms with Gasteiger partial charge in [-0.2, -0.15) is 4.98 Å². The van der Waals surface area contributed by atoms with Crippen LogP contribution in [0.1, 0.15) is 11.5 Å². The van der Waals surface area contributed by atoms with Gasteiger partial charge in [0.2, 0.25) is 17.6 Å². The molecular weight excluding hydrogens is 433 g/mol. The summed E-state index contributed by atoms with van der Waals surface area (Å²) in [5.41, 5.74) is 0.633. The molecule has 1 aliphatic heterocycles. The number of rotatable bonds is 6. The molecule has 0 aliphatic carbocycles. The fourth-order valence-corrected chi connectivity index (χ4v) is 3.92. The molecule has 0 atom stereocenters. The van der Waals surface area contributed by atoms with Crippen molar-refractivity contribution in [3.8, 4) is 16.5 Å². The number of thiophene rings is 1. The Bertz CT molecular complexity index is 998. The van der Waals surface area contributed by atoms with Gasteiger partial charge >= 0.3 is 6.36 Å². The summed E-state index contributed by atoms with van der Waals surface area (Å²) in [6.07, 6.45) is -4.61. The van der Waals surface area contributed by atoms with E-state index in [9.17, 15) is 18.0 Å². The van der Waals surface area contributed by atoms with Crippen LogP contribution in [0.3, 0.4) is 0 Å². The molecule has 0 bridgehead atoms. The van der Waals surface area contributed by atoms with Crippen LogP contribution in [0.15, 0.2) is 46.3 Å². The minimum absolute atomic E-state index is 0.0677. The number of aromatic nitrogens is 2. The second-order valence-electron chi connectivity index (χ2n) is 7.01. The summed E-state index contributed by atoms with van der Waals surface area (Å²) in [4.78, 5) is 21.8. The number of piperazine rings is 1. The van der Waals surface area contributed by atoms with Gasteiger partial charge in [-0.3, -0.25) is 9.69 Å². The van der Waals surface area contributed by atoms with E-state index in [-0.39, 0.29) is 18.1 Å². The number of benzene rings is 1. The van der Waals surface area contributed by atoms with Crippen molar-refractivity contribution in [3.63, 3.8) is 0 Å². The standard InChI is InChI=1S/C20H19F3N4O3S/c21-20(22,23)29-15-5-3-14(4-6-15)12-18(28)27-9-7-26(8-10-27)13-17-24-19(25-30-17)16-2-1-11-31-16/h1-6,11H,7-10,12-13H2. The fraction of sp³-hybridized carbons (Fsp3) is 0.350. The summed E-state index contributed by atoms with van der Waals surface area (Å²) < 4.78 is 45.9. The summed E-state index contributed by atoms with van der Waals surface area (Å²) in [5.74, 6) is 0.734. The summed E-state index contributed by atoms with van der Waals surface area (Å²) in [6.45, 7) is 2.96. The summed E-state index contributed by atoms with van der Waals surface area (Å²) in [6, 6.07) is 9.22. The summed E-state index contributed by atoms with van der Waals surface area (Å²) >= 11 is 1.54. The van der Waals surface area contributed by atoms with E-state index in [1.807, 2.05) is 17.5 Å². The van der Waals surface area contributed by atoms with Gasteiger partial charge in [-0.1, -0.05) is 23.4 Å². The van der Waals surface area contributed by atoms with Crippen LogP contribution in [0, 0.1) is 0 Å². The summed E-state index contributed by atoms with van der Waals surface area (Å²) in [7, 11) is 0. The molecule has 0 radical (unpaired) electrons. The van der Waals surface area contributed by atoms with Crippen LogP contribution in [0.25, 0.3) is 10.7 Å². The van der Waals surface area contributed by atoms with Crippen molar-refractivity contribution in [2.24, 2.45) is 0 Å². The predicted octanol–water partition coefficient (Wildman–Crippen LogP) is 3.58. The molecule has 0 N–H and O–H groups in total. The van der Waals surface area contributed by atoms with Crippen molar-refractivity contribution in [2.45, 2.75) is 19.3 Å². The highest BCUT2D eigenvalue weighted by molar-refractivity contribution is 7.13. The Morgan fingerprint density at radius 1 is 1.13 bits per heavy atom. The Morgan fingerprint density at radius 2 is 1.87 bits per heavy atom. The lowest BCUT2D eigenvalue weighted by molar-refractivity contribution is -0.274. The van der Waals surface area contributed by atoms with Gasteiger partial charge in [-0.25, -0.2) is 0 Å². The normalized spacial score (nSPS) is 15.3. The van der Waals surface area contributed by atoms with E-state index < -0.39 is 6.36 Å². The van der Waals surface area contributed by atoms with Crippen LogP contribution in [-0.4, -0.2) is 58.4 Å². The molecule has 2 aromatic heterocycles. The number of hydrogen-bond acceptors (Lipinski definition) is 7. The molecule has 7 nitrogen and oxygen atoms in total. The molecule has 1 saturated heterocycles. The van der Waals surface area contributed by atoms with Crippen LogP contribution < -0.4 is 4.74 Å². The Labute approximate surface area is 180 Å². The quantitative estimate of drug-likeness (QED) is 0.569. The van der Waals surface area contributed by atoms with Crippen molar-refractivity contribution in [1.29, 1.82) is 0 Å². The van der Waals surface area contributed by atoms with Gasteiger partial charge in [0, 0.05) is 26.2 Å². The molecule has 1 fully saturated rings. The van der Waals surface area contributed by atoms with E-state index in [0.717, 1.165) is 4.88 Å². The number of carbonyl (C=O) groups excluding carboxylic acids is 1. The molecule has 1 amide bonds. The first-order chi connectivity index (χ1) is 14.9. The highest BCUT2D eigenvalue weighted by atomic mass is 32.1. The molecule has 31 heavy (non-hydrogen) atoms. The van der Waals surface area contributed by atoms with Crippen LogP contribution in [0.2, 0.25) is 0 Å². The minimum atomic E-state index is -4.73. The van der Waals surface area contributed by atoms with Gasteiger partial charge in [0.15, 0.2) is 0 Å². The van der Waals surface area contributed by atoms with Gasteiger partial charge in [-0.15, -0.1) is 24.5 Å². The third-order valence-corrected chi connectivity index (χ3v) is 5.67. The number of ether oxygens (including phenoxy) is 1. The van der Waals surface area contributed by atoms with Gasteiger partial charge in [-0.05, 0) is 29.1 Å². The van der Waals surface area contributed by atoms with Crippen molar-refractivity contribution in [3.05, 3.63) is 53.2 Å². The van der Waals surface area contributed by atoms with E-state index in [1.54, 1.807) is 16.2 Å². The van der Waals surface area contributed by atoms with Gasteiger partial charge < -0.3 is 14.2 Å². The highest BCUT2D eigenvalue weighted by Crippen LogP contribution is 2.23. The lowest BCUT2D eigenvalue weighted by Crippen LogP contribution is -2.48. The topological polar surface area (TPSA) is 71.7 Å². The second kappa shape index (κ2) is 9.06. The van der Waals surface area contributed by atoms with Crippen molar-refractivity contribution in [1.82, 2.24) is 19.9 Å². The molecule has 1 aliphatic rings. The lowest BCUT2D eigenvalue weighted by atomic mass is 10.1. The number of hydrogen-bond donors (Lipinski definition) is 0. The Kier molecular flexibility index (Phi) is 6.23. The SMILES string of the molecule is O=C(Cc1ccc(OC(F)(F)F)cc1)N1CCN(Cc2nc(-c3cccs3)no2)CC1. The largest absolute Gasteiger partial charge is 0.573 e. The molecule has 3 heterocycles. The molecule has 0 unspecified atom stereocenters. The van der Waals surface area contributed by atoms with Crippen LogP contribution in [-0.2, 0) is 17.8 Å².